The van der Waals surface area contributed by atoms with E-state index in [1.54, 1.807) is 11.5 Å². The Morgan fingerprint density at radius 3 is 2.46 bits per heavy atom. The van der Waals surface area contributed by atoms with Crippen molar-refractivity contribution in [1.29, 1.82) is 5.26 Å². The summed E-state index contributed by atoms with van der Waals surface area (Å²) in [5.41, 5.74) is 2.67. The average molecular weight is 628 g/mol. The van der Waals surface area contributed by atoms with Gasteiger partial charge in [0.2, 0.25) is 23.6 Å². The molecule has 2 aliphatic rings. The lowest BCUT2D eigenvalue weighted by atomic mass is 10.0. The molecular weight excluding hydrogens is 590 g/mol. The van der Waals surface area contributed by atoms with Crippen LogP contribution in [0, 0.1) is 18.3 Å². The lowest BCUT2D eigenvalue weighted by molar-refractivity contribution is -0.157. The van der Waals surface area contributed by atoms with E-state index in [2.05, 4.69) is 22.0 Å². The van der Waals surface area contributed by atoms with E-state index in [1.165, 1.54) is 23.8 Å². The largest absolute Gasteiger partial charge is 0.360 e. The number of amides is 5. The number of likely N-dealkylation sites (N-methyl/N-ethyl adjacent to an activating group) is 1. The minimum Gasteiger partial charge on any atom is -0.360 e. The predicted octanol–water partition coefficient (Wildman–Crippen LogP) is 0.238. The summed E-state index contributed by atoms with van der Waals surface area (Å²) < 4.78 is 7.88. The molecule has 3 heterocycles. The Morgan fingerprint density at radius 1 is 1.00 bits per heavy atom. The highest BCUT2D eigenvalue weighted by Gasteiger charge is 2.37. The number of rotatable bonds is 4. The van der Waals surface area contributed by atoms with Gasteiger partial charge in [-0.05, 0) is 25.5 Å². The summed E-state index contributed by atoms with van der Waals surface area (Å²) in [4.78, 5) is 69.3. The first-order valence-electron chi connectivity index (χ1n) is 15.1. The minimum absolute atomic E-state index is 0.0249. The fraction of sp³-hybridized carbons (Fsp3) is 0.394. The zero-order valence-corrected chi connectivity index (χ0v) is 26.0. The lowest BCUT2D eigenvalue weighted by Gasteiger charge is -2.38. The molecule has 0 unspecified atom stereocenters. The monoisotopic (exact) mass is 627 g/mol. The van der Waals surface area contributed by atoms with Crippen LogP contribution in [0.15, 0.2) is 54.6 Å². The number of aromatic nitrogens is 1. The van der Waals surface area contributed by atoms with E-state index in [4.69, 9.17) is 4.74 Å². The second-order valence-electron chi connectivity index (χ2n) is 11.7. The smallest absolute Gasteiger partial charge is 0.251 e. The lowest BCUT2D eigenvalue weighted by Crippen LogP contribution is -2.60. The molecule has 2 bridgehead atoms. The molecular formula is C33H37N7O6. The zero-order chi connectivity index (χ0) is 33.0. The number of hydrogen-bond acceptors (Lipinski definition) is 7. The third-order valence-electron chi connectivity index (χ3n) is 8.38. The van der Waals surface area contributed by atoms with Crippen molar-refractivity contribution in [2.75, 3.05) is 33.2 Å². The van der Waals surface area contributed by atoms with Gasteiger partial charge >= 0.3 is 0 Å². The molecule has 13 heteroatoms. The van der Waals surface area contributed by atoms with Crippen LogP contribution in [0.5, 0.6) is 0 Å². The Balaban J connectivity index is 1.43. The highest BCUT2D eigenvalue weighted by molar-refractivity contribution is 5.94. The predicted molar refractivity (Wildman–Crippen MR) is 167 cm³/mol. The van der Waals surface area contributed by atoms with Gasteiger partial charge in [-0.2, -0.15) is 5.26 Å². The van der Waals surface area contributed by atoms with E-state index in [1.807, 2.05) is 54.6 Å². The number of nitrogens with zero attached hydrogens (tertiary/aromatic N) is 4. The summed E-state index contributed by atoms with van der Waals surface area (Å²) in [5, 5.41) is 18.6. The Morgan fingerprint density at radius 2 is 1.72 bits per heavy atom. The molecule has 0 aliphatic carbocycles. The second kappa shape index (κ2) is 13.8. The van der Waals surface area contributed by atoms with Crippen LogP contribution in [0.2, 0.25) is 0 Å². The van der Waals surface area contributed by atoms with Crippen molar-refractivity contribution in [2.45, 2.75) is 51.1 Å². The molecule has 5 rings (SSSR count). The Labute approximate surface area is 266 Å². The quantitative estimate of drug-likeness (QED) is 0.373. The first-order chi connectivity index (χ1) is 22.0. The van der Waals surface area contributed by atoms with E-state index < -0.39 is 47.9 Å². The molecule has 13 nitrogen and oxygen atoms in total. The highest BCUT2D eigenvalue weighted by atomic mass is 16.5. The molecule has 0 radical (unpaired) electrons. The van der Waals surface area contributed by atoms with Crippen molar-refractivity contribution in [1.82, 2.24) is 30.3 Å². The van der Waals surface area contributed by atoms with E-state index in [9.17, 15) is 29.2 Å². The summed E-state index contributed by atoms with van der Waals surface area (Å²) in [7, 11) is 1.45. The second-order valence-corrected chi connectivity index (χ2v) is 11.7. The summed E-state index contributed by atoms with van der Waals surface area (Å²) >= 11 is 0. The molecule has 4 atom stereocenters. The van der Waals surface area contributed by atoms with Gasteiger partial charge in [-0.1, -0.05) is 48.5 Å². The third-order valence-corrected chi connectivity index (χ3v) is 8.38. The fourth-order valence-electron chi connectivity index (χ4n) is 5.91. The van der Waals surface area contributed by atoms with Crippen molar-refractivity contribution in [2.24, 2.45) is 0 Å². The van der Waals surface area contributed by atoms with Crippen LogP contribution in [0.3, 0.4) is 0 Å². The summed E-state index contributed by atoms with van der Waals surface area (Å²) in [6.45, 7) is 2.89. The number of carbonyl (C=O) groups excluding carboxylic acids is 5. The van der Waals surface area contributed by atoms with Crippen molar-refractivity contribution >= 4 is 40.4 Å². The van der Waals surface area contributed by atoms with Crippen LogP contribution in [0.1, 0.15) is 23.7 Å². The number of ether oxygens (including phenoxy) is 1. The molecule has 2 aliphatic heterocycles. The van der Waals surface area contributed by atoms with Crippen molar-refractivity contribution in [3.8, 4) is 6.07 Å². The molecule has 3 N–H and O–H groups in total. The van der Waals surface area contributed by atoms with Crippen molar-refractivity contribution < 1.29 is 28.7 Å². The number of nitrogens with one attached hydrogen (secondary N) is 3. The first kappa shape index (κ1) is 32.2. The van der Waals surface area contributed by atoms with Crippen LogP contribution in [-0.4, -0.2) is 101 Å². The van der Waals surface area contributed by atoms with Gasteiger partial charge in [0.15, 0.2) is 6.10 Å². The summed E-state index contributed by atoms with van der Waals surface area (Å²) in [5.74, 6) is -2.41. The SMILES string of the molecule is Cc1c(C#N)c2ccccc2n1CC(=O)N1C[C@@H]2CNC(=O)[C@@H](C)NC(=O)CN(C)C(=O)[C@@H](Cc3ccccc3)NC(=O)[C@@H](C1)O2. The maximum atomic E-state index is 13.8. The fourth-order valence-corrected chi connectivity index (χ4v) is 5.91. The van der Waals surface area contributed by atoms with Crippen molar-refractivity contribution in [3.63, 3.8) is 0 Å². The van der Waals surface area contributed by atoms with Gasteiger partial charge < -0.3 is 35.1 Å². The number of carbonyl (C=O) groups is 5. The van der Waals surface area contributed by atoms with Crippen LogP contribution in [-0.2, 0) is 41.7 Å². The van der Waals surface area contributed by atoms with Gasteiger partial charge in [-0.3, -0.25) is 24.0 Å². The molecule has 240 valence electrons. The highest BCUT2D eigenvalue weighted by Crippen LogP contribution is 2.25. The molecule has 2 saturated heterocycles. The van der Waals surface area contributed by atoms with Crippen LogP contribution in [0.25, 0.3) is 10.9 Å². The normalized spacial score (nSPS) is 23.1. The minimum atomic E-state index is -1.14. The average Bonchev–Trinajstić information content (AvgIpc) is 3.32. The van der Waals surface area contributed by atoms with Gasteiger partial charge in [-0.15, -0.1) is 0 Å². The van der Waals surface area contributed by atoms with Gasteiger partial charge in [0.05, 0.1) is 30.3 Å². The van der Waals surface area contributed by atoms with Crippen LogP contribution < -0.4 is 16.0 Å². The molecule has 2 fully saturated rings. The molecule has 2 aromatic carbocycles. The molecule has 0 spiro atoms. The van der Waals surface area contributed by atoms with E-state index in [0.717, 1.165) is 16.5 Å². The maximum absolute atomic E-state index is 13.8. The van der Waals surface area contributed by atoms with Crippen LogP contribution >= 0.6 is 0 Å². The molecule has 3 aromatic rings. The molecule has 5 amide bonds. The Kier molecular flexibility index (Phi) is 9.67. The number of para-hydroxylation sites is 1. The number of fused-ring (bicyclic) bond motifs is 3. The van der Waals surface area contributed by atoms with Crippen LogP contribution in [0.4, 0.5) is 0 Å². The van der Waals surface area contributed by atoms with Gasteiger partial charge in [0, 0.05) is 37.6 Å². The molecule has 1 aromatic heterocycles. The van der Waals surface area contributed by atoms with E-state index in [-0.39, 0.29) is 45.1 Å². The van der Waals surface area contributed by atoms with Gasteiger partial charge in [-0.25, -0.2) is 0 Å². The third kappa shape index (κ3) is 7.02. The zero-order valence-electron chi connectivity index (χ0n) is 26.0. The van der Waals surface area contributed by atoms with Gasteiger partial charge in [0.1, 0.15) is 24.7 Å². The van der Waals surface area contributed by atoms with Gasteiger partial charge in [0.25, 0.3) is 5.91 Å². The first-order valence-corrected chi connectivity index (χ1v) is 15.1. The summed E-state index contributed by atoms with van der Waals surface area (Å²) in [6, 6.07) is 16.8. The molecule has 0 saturated carbocycles. The van der Waals surface area contributed by atoms with Crippen molar-refractivity contribution in [3.05, 3.63) is 71.4 Å². The Hall–Kier alpha value is -5.22. The van der Waals surface area contributed by atoms with E-state index >= 15 is 0 Å². The number of morpholine rings is 1. The number of benzene rings is 2. The number of nitriles is 1. The molecule has 46 heavy (non-hydrogen) atoms. The standard InChI is InChI=1S/C33H37N7O6/c1-20-31(43)35-15-23-16-39(30(42)19-40-21(2)25(14-34)24-11-7-8-12-27(24)40)17-28(46-23)32(44)37-26(13-22-9-5-4-6-10-22)33(45)38(3)18-29(41)36-20/h4-12,20,23,26,28H,13,15-19H2,1-3H3,(H,35,43)(H,36,41)(H,37,44)/t20-,23+,26-,28-/m1/s1. The number of hydrogen-bond donors (Lipinski definition) is 3. The maximum Gasteiger partial charge on any atom is 0.251 e. The summed E-state index contributed by atoms with van der Waals surface area (Å²) in [6.07, 6.45) is -1.74. The van der Waals surface area contributed by atoms with E-state index in [0.29, 0.717) is 11.3 Å². The topological polar surface area (TPSA) is 166 Å². The Bertz CT molecular complexity index is 1700.